The van der Waals surface area contributed by atoms with Crippen LogP contribution in [0.15, 0.2) is 24.3 Å². The molecule has 4 nitrogen and oxygen atoms in total. The maximum atomic E-state index is 12.5. The van der Waals surface area contributed by atoms with E-state index in [9.17, 15) is 4.79 Å². The SMILES string of the molecule is COC1(C(=O)NC(C)c2ccccc2Cl)CCNCC1.Cl. The molecule has 2 N–H and O–H groups in total. The highest BCUT2D eigenvalue weighted by Crippen LogP contribution is 2.26. The van der Waals surface area contributed by atoms with Gasteiger partial charge in [-0.3, -0.25) is 4.79 Å². The molecule has 0 aliphatic carbocycles. The molecule has 0 aromatic heterocycles. The van der Waals surface area contributed by atoms with Crippen molar-refractivity contribution >= 4 is 29.9 Å². The van der Waals surface area contributed by atoms with Gasteiger partial charge in [0.25, 0.3) is 5.91 Å². The first kappa shape index (κ1) is 18.2. The Kier molecular flexibility index (Phi) is 6.94. The minimum absolute atomic E-state index is 0. The number of nitrogens with one attached hydrogen (secondary N) is 2. The number of carbonyl (C=O) groups excluding carboxylic acids is 1. The molecule has 1 unspecified atom stereocenters. The van der Waals surface area contributed by atoms with Crippen molar-refractivity contribution in [1.29, 1.82) is 0 Å². The minimum atomic E-state index is -0.721. The molecule has 1 amide bonds. The molecule has 0 saturated carbocycles. The van der Waals surface area contributed by atoms with Crippen LogP contribution >= 0.6 is 24.0 Å². The van der Waals surface area contributed by atoms with Crippen molar-refractivity contribution in [2.75, 3.05) is 20.2 Å². The van der Waals surface area contributed by atoms with E-state index in [-0.39, 0.29) is 24.4 Å². The Labute approximate surface area is 137 Å². The molecule has 0 spiro atoms. The molecule has 6 heteroatoms. The van der Waals surface area contributed by atoms with Gasteiger partial charge in [0.05, 0.1) is 6.04 Å². The van der Waals surface area contributed by atoms with Crippen molar-refractivity contribution in [3.8, 4) is 0 Å². The number of hydrogen-bond acceptors (Lipinski definition) is 3. The van der Waals surface area contributed by atoms with Gasteiger partial charge >= 0.3 is 0 Å². The number of halogens is 2. The number of methoxy groups -OCH3 is 1. The van der Waals surface area contributed by atoms with Gasteiger partial charge in [-0.2, -0.15) is 0 Å². The summed E-state index contributed by atoms with van der Waals surface area (Å²) in [5, 5.41) is 6.93. The fourth-order valence-electron chi connectivity index (χ4n) is 2.59. The number of hydrogen-bond donors (Lipinski definition) is 2. The quantitative estimate of drug-likeness (QED) is 0.891. The number of benzene rings is 1. The molecular weight excluding hydrogens is 311 g/mol. The van der Waals surface area contributed by atoms with Gasteiger partial charge in [-0.05, 0) is 44.5 Å². The van der Waals surface area contributed by atoms with Crippen molar-refractivity contribution in [2.24, 2.45) is 0 Å². The molecule has 2 rings (SSSR count). The van der Waals surface area contributed by atoms with Gasteiger partial charge in [0, 0.05) is 12.1 Å². The summed E-state index contributed by atoms with van der Waals surface area (Å²) in [6, 6.07) is 7.41. The highest BCUT2D eigenvalue weighted by Gasteiger charge is 2.40. The maximum Gasteiger partial charge on any atom is 0.252 e. The second kappa shape index (κ2) is 7.99. The molecular formula is C15H22Cl2N2O2. The molecule has 1 aliphatic rings. The largest absolute Gasteiger partial charge is 0.368 e. The summed E-state index contributed by atoms with van der Waals surface area (Å²) in [6.07, 6.45) is 1.37. The lowest BCUT2D eigenvalue weighted by Crippen LogP contribution is -2.54. The Bertz CT molecular complexity index is 476. The number of amides is 1. The summed E-state index contributed by atoms with van der Waals surface area (Å²) in [4.78, 5) is 12.5. The third kappa shape index (κ3) is 4.10. The van der Waals surface area contributed by atoms with Crippen LogP contribution < -0.4 is 10.6 Å². The summed E-state index contributed by atoms with van der Waals surface area (Å²) < 4.78 is 5.52. The summed E-state index contributed by atoms with van der Waals surface area (Å²) in [7, 11) is 1.60. The molecule has 1 heterocycles. The lowest BCUT2D eigenvalue weighted by Gasteiger charge is -2.35. The Morgan fingerprint density at radius 1 is 1.38 bits per heavy atom. The molecule has 0 radical (unpaired) electrons. The summed E-state index contributed by atoms with van der Waals surface area (Å²) in [6.45, 7) is 3.52. The van der Waals surface area contributed by atoms with Gasteiger partial charge in [0.15, 0.2) is 0 Å². The van der Waals surface area contributed by atoms with Crippen LogP contribution in [-0.2, 0) is 9.53 Å². The lowest BCUT2D eigenvalue weighted by molar-refractivity contribution is -0.147. The van der Waals surface area contributed by atoms with Crippen LogP contribution in [0.5, 0.6) is 0 Å². The van der Waals surface area contributed by atoms with Crippen LogP contribution in [0.3, 0.4) is 0 Å². The first-order valence-corrected chi connectivity index (χ1v) is 7.28. The molecule has 21 heavy (non-hydrogen) atoms. The van der Waals surface area contributed by atoms with Gasteiger partial charge in [-0.1, -0.05) is 29.8 Å². The number of rotatable bonds is 4. The average Bonchev–Trinajstić information content (AvgIpc) is 2.48. The van der Waals surface area contributed by atoms with Crippen molar-refractivity contribution in [2.45, 2.75) is 31.4 Å². The second-order valence-corrected chi connectivity index (χ2v) is 5.57. The van der Waals surface area contributed by atoms with Crippen LogP contribution in [0, 0.1) is 0 Å². The van der Waals surface area contributed by atoms with Crippen molar-refractivity contribution in [1.82, 2.24) is 10.6 Å². The lowest BCUT2D eigenvalue weighted by atomic mass is 9.90. The third-order valence-electron chi connectivity index (χ3n) is 3.94. The Morgan fingerprint density at radius 2 is 2.00 bits per heavy atom. The minimum Gasteiger partial charge on any atom is -0.368 e. The van der Waals surface area contributed by atoms with Crippen LogP contribution in [0.2, 0.25) is 5.02 Å². The van der Waals surface area contributed by atoms with E-state index in [1.54, 1.807) is 7.11 Å². The highest BCUT2D eigenvalue weighted by molar-refractivity contribution is 6.31. The molecule has 1 aliphatic heterocycles. The van der Waals surface area contributed by atoms with Crippen LogP contribution in [0.25, 0.3) is 0 Å². The summed E-state index contributed by atoms with van der Waals surface area (Å²) >= 11 is 6.16. The van der Waals surface area contributed by atoms with Crippen molar-refractivity contribution in [3.63, 3.8) is 0 Å². The van der Waals surface area contributed by atoms with Gasteiger partial charge in [0.2, 0.25) is 0 Å². The molecule has 1 saturated heterocycles. The second-order valence-electron chi connectivity index (χ2n) is 5.17. The fraction of sp³-hybridized carbons (Fsp3) is 0.533. The van der Waals surface area contributed by atoms with E-state index in [4.69, 9.17) is 16.3 Å². The topological polar surface area (TPSA) is 50.4 Å². The zero-order valence-corrected chi connectivity index (χ0v) is 13.9. The monoisotopic (exact) mass is 332 g/mol. The van der Waals surface area contributed by atoms with Crippen LogP contribution in [0.1, 0.15) is 31.4 Å². The molecule has 1 fully saturated rings. The van der Waals surface area contributed by atoms with E-state index in [1.807, 2.05) is 31.2 Å². The van der Waals surface area contributed by atoms with E-state index in [2.05, 4.69) is 10.6 Å². The molecule has 118 valence electrons. The first-order chi connectivity index (χ1) is 9.59. The van der Waals surface area contributed by atoms with Crippen molar-refractivity contribution < 1.29 is 9.53 Å². The van der Waals surface area contributed by atoms with E-state index in [1.165, 1.54) is 0 Å². The number of ether oxygens (including phenoxy) is 1. The Morgan fingerprint density at radius 3 is 2.57 bits per heavy atom. The van der Waals surface area contributed by atoms with E-state index in [0.29, 0.717) is 17.9 Å². The Balaban J connectivity index is 0.00000220. The smallest absolute Gasteiger partial charge is 0.252 e. The van der Waals surface area contributed by atoms with Crippen molar-refractivity contribution in [3.05, 3.63) is 34.9 Å². The predicted molar refractivity (Wildman–Crippen MR) is 87.1 cm³/mol. The van der Waals surface area contributed by atoms with Gasteiger partial charge < -0.3 is 15.4 Å². The molecule has 1 aromatic carbocycles. The summed E-state index contributed by atoms with van der Waals surface area (Å²) in [5.74, 6) is -0.0612. The number of piperidine rings is 1. The van der Waals surface area contributed by atoms with Gasteiger partial charge in [-0.15, -0.1) is 12.4 Å². The van der Waals surface area contributed by atoms with Crippen LogP contribution in [-0.4, -0.2) is 31.7 Å². The maximum absolute atomic E-state index is 12.5. The average molecular weight is 333 g/mol. The first-order valence-electron chi connectivity index (χ1n) is 6.90. The normalized spacial score (nSPS) is 18.4. The number of carbonyl (C=O) groups is 1. The predicted octanol–water partition coefficient (Wildman–Crippen LogP) is 2.71. The fourth-order valence-corrected chi connectivity index (χ4v) is 2.89. The zero-order valence-electron chi connectivity index (χ0n) is 12.3. The van der Waals surface area contributed by atoms with E-state index < -0.39 is 5.60 Å². The summed E-state index contributed by atoms with van der Waals surface area (Å²) in [5.41, 5.74) is 0.198. The third-order valence-corrected chi connectivity index (χ3v) is 4.28. The van der Waals surface area contributed by atoms with E-state index >= 15 is 0 Å². The molecule has 1 atom stereocenters. The zero-order chi connectivity index (χ0) is 14.6. The van der Waals surface area contributed by atoms with E-state index in [0.717, 1.165) is 18.7 Å². The van der Waals surface area contributed by atoms with Gasteiger partial charge in [0.1, 0.15) is 5.60 Å². The van der Waals surface area contributed by atoms with Crippen LogP contribution in [0.4, 0.5) is 0 Å². The van der Waals surface area contributed by atoms with Gasteiger partial charge in [-0.25, -0.2) is 0 Å². The molecule has 1 aromatic rings. The standard InChI is InChI=1S/C15H21ClN2O2.ClH/c1-11(12-5-3-4-6-13(12)16)18-14(19)15(20-2)7-9-17-10-8-15;/h3-6,11,17H,7-10H2,1-2H3,(H,18,19);1H. The Hall–Kier alpha value is -0.810. The molecule has 0 bridgehead atoms. The highest BCUT2D eigenvalue weighted by atomic mass is 35.5.